The zero-order valence-corrected chi connectivity index (χ0v) is 28.1. The van der Waals surface area contributed by atoms with Gasteiger partial charge in [-0.3, -0.25) is 4.79 Å². The van der Waals surface area contributed by atoms with Gasteiger partial charge in [-0.1, -0.05) is 72.1 Å². The van der Waals surface area contributed by atoms with Gasteiger partial charge >= 0.3 is 0 Å². The molecule has 10 heteroatoms. The molecule has 0 aliphatic rings. The SMILES string of the molecule is C=CCc1cc(C=Nn2c(-c3cc4cc(Br)ccc4o3)nc3ccccc3c2=O)cc(OC)c1OCc1ccc(Br)cc1Br. The number of furan rings is 1. The minimum absolute atomic E-state index is 0.288. The van der Waals surface area contributed by atoms with Crippen LogP contribution < -0.4 is 15.0 Å². The van der Waals surface area contributed by atoms with E-state index in [1.807, 2.05) is 60.7 Å². The van der Waals surface area contributed by atoms with E-state index in [1.165, 1.54) is 4.68 Å². The van der Waals surface area contributed by atoms with Gasteiger partial charge in [0.1, 0.15) is 12.2 Å². The average molecular weight is 778 g/mol. The molecule has 2 heterocycles. The van der Waals surface area contributed by atoms with Gasteiger partial charge in [-0.25, -0.2) is 4.98 Å². The third-order valence-electron chi connectivity index (χ3n) is 6.90. The number of benzene rings is 4. The first-order valence-electron chi connectivity index (χ1n) is 13.5. The van der Waals surface area contributed by atoms with Gasteiger partial charge in [0.15, 0.2) is 17.3 Å². The maximum Gasteiger partial charge on any atom is 0.282 e. The van der Waals surface area contributed by atoms with Crippen molar-refractivity contribution in [3.05, 3.63) is 132 Å². The Morgan fingerprint density at radius 2 is 1.77 bits per heavy atom. The summed E-state index contributed by atoms with van der Waals surface area (Å²) in [5.41, 5.74) is 3.46. The first kappa shape index (κ1) is 30.1. The molecular weight excluding hydrogens is 754 g/mol. The van der Waals surface area contributed by atoms with Crippen LogP contribution in [0.1, 0.15) is 16.7 Å². The minimum Gasteiger partial charge on any atom is -0.493 e. The second-order valence-electron chi connectivity index (χ2n) is 9.84. The summed E-state index contributed by atoms with van der Waals surface area (Å²) >= 11 is 10.6. The number of hydrogen-bond acceptors (Lipinski definition) is 6. The molecule has 0 spiro atoms. The Morgan fingerprint density at radius 3 is 2.57 bits per heavy atom. The summed E-state index contributed by atoms with van der Waals surface area (Å²) in [5, 5.41) is 5.94. The van der Waals surface area contributed by atoms with E-state index >= 15 is 0 Å². The minimum atomic E-state index is -0.318. The van der Waals surface area contributed by atoms with Gasteiger partial charge in [-0.05, 0) is 72.6 Å². The summed E-state index contributed by atoms with van der Waals surface area (Å²) in [6, 6.07) is 24.4. The molecule has 0 bridgehead atoms. The summed E-state index contributed by atoms with van der Waals surface area (Å²) < 4.78 is 22.2. The lowest BCUT2D eigenvalue weighted by atomic mass is 10.1. The molecule has 4 aromatic carbocycles. The van der Waals surface area contributed by atoms with Gasteiger partial charge in [0.25, 0.3) is 5.56 Å². The molecular formula is C34H24Br3N3O4. The molecule has 0 aliphatic heterocycles. The number of aromatic nitrogens is 2. The topological polar surface area (TPSA) is 78.9 Å². The van der Waals surface area contributed by atoms with Crippen molar-refractivity contribution in [3.63, 3.8) is 0 Å². The molecule has 0 saturated carbocycles. The fraction of sp³-hybridized carbons (Fsp3) is 0.0882. The van der Waals surface area contributed by atoms with Crippen molar-refractivity contribution in [3.8, 4) is 23.1 Å². The highest BCUT2D eigenvalue weighted by Crippen LogP contribution is 2.35. The molecule has 220 valence electrons. The quantitative estimate of drug-likeness (QED) is 0.108. The highest BCUT2D eigenvalue weighted by molar-refractivity contribution is 9.11. The monoisotopic (exact) mass is 775 g/mol. The molecule has 0 amide bonds. The maximum atomic E-state index is 13.7. The zero-order valence-electron chi connectivity index (χ0n) is 23.4. The number of allylic oxidation sites excluding steroid dienone is 1. The zero-order chi connectivity index (χ0) is 30.8. The molecule has 0 radical (unpaired) electrons. The summed E-state index contributed by atoms with van der Waals surface area (Å²) in [7, 11) is 1.59. The van der Waals surface area contributed by atoms with Crippen LogP contribution >= 0.6 is 47.8 Å². The standard InChI is InChI=1S/C34H24Br3N3O4/c1-3-6-21-13-20(14-30(42-2)32(21)43-19-22-9-10-25(36)17-27(22)37)18-38-40-33(39-28-8-5-4-7-26(28)34(40)41)31-16-23-15-24(35)11-12-29(23)44-31/h3-5,7-18H,1,6,19H2,2H3. The van der Waals surface area contributed by atoms with Gasteiger partial charge in [0.05, 0.1) is 24.2 Å². The first-order valence-corrected chi connectivity index (χ1v) is 15.9. The van der Waals surface area contributed by atoms with Crippen LogP contribution in [0, 0.1) is 0 Å². The number of rotatable bonds is 9. The van der Waals surface area contributed by atoms with E-state index in [9.17, 15) is 4.79 Å². The third-order valence-corrected chi connectivity index (χ3v) is 8.62. The van der Waals surface area contributed by atoms with Crippen LogP contribution in [-0.2, 0) is 13.0 Å². The van der Waals surface area contributed by atoms with Crippen molar-refractivity contribution in [2.75, 3.05) is 7.11 Å². The molecule has 0 aliphatic carbocycles. The van der Waals surface area contributed by atoms with Crippen molar-refractivity contribution < 1.29 is 13.9 Å². The van der Waals surface area contributed by atoms with Crippen LogP contribution in [0.3, 0.4) is 0 Å². The van der Waals surface area contributed by atoms with Gasteiger partial charge in [0, 0.05) is 29.9 Å². The van der Waals surface area contributed by atoms with E-state index in [0.29, 0.717) is 52.3 Å². The Kier molecular flexibility index (Phi) is 8.83. The van der Waals surface area contributed by atoms with E-state index in [0.717, 1.165) is 29.9 Å². The van der Waals surface area contributed by atoms with E-state index < -0.39 is 0 Å². The molecule has 0 unspecified atom stereocenters. The van der Waals surface area contributed by atoms with Crippen LogP contribution in [-0.4, -0.2) is 23.0 Å². The summed E-state index contributed by atoms with van der Waals surface area (Å²) in [5.74, 6) is 1.85. The third kappa shape index (κ3) is 6.15. The largest absolute Gasteiger partial charge is 0.493 e. The second-order valence-corrected chi connectivity index (χ2v) is 12.5. The average Bonchev–Trinajstić information content (AvgIpc) is 3.44. The van der Waals surface area contributed by atoms with Crippen molar-refractivity contribution in [2.45, 2.75) is 13.0 Å². The molecule has 0 saturated heterocycles. The molecule has 7 nitrogen and oxygen atoms in total. The molecule has 2 aromatic heterocycles. The predicted molar refractivity (Wildman–Crippen MR) is 185 cm³/mol. The van der Waals surface area contributed by atoms with Gasteiger partial charge in [-0.2, -0.15) is 9.78 Å². The normalized spacial score (nSPS) is 11.5. The lowest BCUT2D eigenvalue weighted by Gasteiger charge is -2.16. The predicted octanol–water partition coefficient (Wildman–Crippen LogP) is 9.30. The van der Waals surface area contributed by atoms with Gasteiger partial charge in [0.2, 0.25) is 5.82 Å². The molecule has 6 aromatic rings. The summed E-state index contributed by atoms with van der Waals surface area (Å²) in [6.45, 7) is 4.25. The van der Waals surface area contributed by atoms with Gasteiger partial charge < -0.3 is 13.9 Å². The first-order chi connectivity index (χ1) is 21.3. The highest BCUT2D eigenvalue weighted by Gasteiger charge is 2.18. The van der Waals surface area contributed by atoms with Crippen molar-refractivity contribution in [2.24, 2.45) is 5.10 Å². The Balaban J connectivity index is 1.42. The smallest absolute Gasteiger partial charge is 0.282 e. The van der Waals surface area contributed by atoms with Crippen molar-refractivity contribution in [1.29, 1.82) is 0 Å². The second kappa shape index (κ2) is 12.9. The molecule has 0 atom stereocenters. The van der Waals surface area contributed by atoms with Crippen LogP contribution in [0.4, 0.5) is 0 Å². The van der Waals surface area contributed by atoms with E-state index in [4.69, 9.17) is 18.9 Å². The van der Waals surface area contributed by atoms with Crippen LogP contribution in [0.2, 0.25) is 0 Å². The fourth-order valence-corrected chi connectivity index (χ4v) is 6.35. The summed E-state index contributed by atoms with van der Waals surface area (Å²) in [6.07, 6.45) is 3.94. The number of halogens is 3. The maximum absolute atomic E-state index is 13.7. The number of para-hydroxylation sites is 1. The Hall–Kier alpha value is -3.99. The number of ether oxygens (including phenoxy) is 2. The molecule has 44 heavy (non-hydrogen) atoms. The molecule has 0 N–H and O–H groups in total. The Bertz CT molecular complexity index is 2140. The van der Waals surface area contributed by atoms with E-state index in [1.54, 1.807) is 37.6 Å². The lowest BCUT2D eigenvalue weighted by molar-refractivity contribution is 0.281. The van der Waals surface area contributed by atoms with Crippen LogP contribution in [0.15, 0.2) is 119 Å². The number of fused-ring (bicyclic) bond motifs is 2. The van der Waals surface area contributed by atoms with Crippen molar-refractivity contribution >= 4 is 75.9 Å². The Labute approximate surface area is 278 Å². The van der Waals surface area contributed by atoms with Gasteiger partial charge in [-0.15, -0.1) is 6.58 Å². The summed E-state index contributed by atoms with van der Waals surface area (Å²) in [4.78, 5) is 18.5. The van der Waals surface area contributed by atoms with Crippen molar-refractivity contribution in [1.82, 2.24) is 9.66 Å². The van der Waals surface area contributed by atoms with E-state index in [-0.39, 0.29) is 11.4 Å². The Morgan fingerprint density at radius 1 is 0.977 bits per heavy atom. The molecule has 0 fully saturated rings. The number of nitrogens with zero attached hydrogens (tertiary/aromatic N) is 3. The van der Waals surface area contributed by atoms with Crippen LogP contribution in [0.5, 0.6) is 11.5 Å². The fourth-order valence-electron chi connectivity index (χ4n) is 4.81. The van der Waals surface area contributed by atoms with Crippen LogP contribution in [0.25, 0.3) is 33.5 Å². The highest BCUT2D eigenvalue weighted by atomic mass is 79.9. The lowest BCUT2D eigenvalue weighted by Crippen LogP contribution is -2.20. The number of methoxy groups -OCH3 is 1. The van der Waals surface area contributed by atoms with E-state index in [2.05, 4.69) is 59.5 Å². The number of hydrogen-bond donors (Lipinski definition) is 0. The molecule has 6 rings (SSSR count).